The summed E-state index contributed by atoms with van der Waals surface area (Å²) in [5.74, 6) is 2.04. The van der Waals surface area contributed by atoms with Crippen LogP contribution in [0.3, 0.4) is 0 Å². The average molecular weight is 368 g/mol. The number of aliphatic hydroxyl groups is 1. The molecule has 0 amide bonds. The Kier molecular flexibility index (Phi) is 8.55. The van der Waals surface area contributed by atoms with Gasteiger partial charge < -0.3 is 37.0 Å². The van der Waals surface area contributed by atoms with Crippen LogP contribution in [0.15, 0.2) is 42.5 Å². The lowest BCUT2D eigenvalue weighted by molar-refractivity contribution is -0.709. The molecule has 0 saturated heterocycles. The normalized spacial score (nSPS) is 12.7. The van der Waals surface area contributed by atoms with Gasteiger partial charge >= 0.3 is 0 Å². The molecule has 2 rings (SSSR count). The number of nitrogens with two attached hydrogens (primary N) is 1. The van der Waals surface area contributed by atoms with Crippen molar-refractivity contribution >= 4 is 0 Å². The van der Waals surface area contributed by atoms with Crippen LogP contribution >= 0.6 is 0 Å². The van der Waals surface area contributed by atoms with E-state index in [4.69, 9.17) is 14.2 Å². The summed E-state index contributed by atoms with van der Waals surface area (Å²) in [4.78, 5) is 0. The van der Waals surface area contributed by atoms with Gasteiger partial charge in [0.25, 0.3) is 0 Å². The molecule has 0 saturated carbocycles. The molecule has 0 heterocycles. The summed E-state index contributed by atoms with van der Waals surface area (Å²) in [7, 11) is 4.84. The summed E-state index contributed by atoms with van der Waals surface area (Å²) in [6.45, 7) is 2.67. The van der Waals surface area contributed by atoms with Crippen LogP contribution in [0.4, 0.5) is 0 Å². The first-order chi connectivity index (χ1) is 11.6. The number of ether oxygens (including phenoxy) is 3. The van der Waals surface area contributed by atoms with Gasteiger partial charge in [-0.3, -0.25) is 0 Å². The van der Waals surface area contributed by atoms with Crippen molar-refractivity contribution in [3.63, 3.8) is 0 Å². The van der Waals surface area contributed by atoms with Crippen molar-refractivity contribution in [3.05, 3.63) is 53.6 Å². The van der Waals surface area contributed by atoms with Crippen molar-refractivity contribution in [1.29, 1.82) is 0 Å². The number of hydrogen-bond acceptors (Lipinski definition) is 4. The molecule has 2 unspecified atom stereocenters. The highest BCUT2D eigenvalue weighted by Gasteiger charge is 2.20. The van der Waals surface area contributed by atoms with Gasteiger partial charge in [0.1, 0.15) is 24.4 Å². The summed E-state index contributed by atoms with van der Waals surface area (Å²) < 4.78 is 16.1. The highest BCUT2D eigenvalue weighted by Crippen LogP contribution is 2.34. The maximum Gasteiger partial charge on any atom is 0.164 e. The molecule has 25 heavy (non-hydrogen) atoms. The monoisotopic (exact) mass is 367 g/mol. The van der Waals surface area contributed by atoms with Crippen LogP contribution in [0.25, 0.3) is 0 Å². The maximum atomic E-state index is 10.5. The third-order valence-electron chi connectivity index (χ3n) is 4.14. The van der Waals surface area contributed by atoms with Crippen molar-refractivity contribution < 1.29 is 37.0 Å². The van der Waals surface area contributed by atoms with Crippen LogP contribution in [0.5, 0.6) is 17.2 Å². The molecule has 0 aliphatic heterocycles. The van der Waals surface area contributed by atoms with E-state index in [2.05, 4.69) is 5.32 Å². The first kappa shape index (κ1) is 21.1. The predicted octanol–water partition coefficient (Wildman–Crippen LogP) is -1.10. The minimum atomic E-state index is -0.530. The van der Waals surface area contributed by atoms with Crippen molar-refractivity contribution in [2.45, 2.75) is 25.6 Å². The van der Waals surface area contributed by atoms with E-state index in [0.717, 1.165) is 16.9 Å². The topological polar surface area (TPSA) is 64.5 Å². The Hall–Kier alpha value is -1.95. The van der Waals surface area contributed by atoms with Crippen LogP contribution in [0, 0.1) is 0 Å². The Bertz CT molecular complexity index is 651. The number of hydrogen-bond donors (Lipinski definition) is 2. The summed E-state index contributed by atoms with van der Waals surface area (Å²) in [6, 6.07) is 13.4. The smallest absolute Gasteiger partial charge is 0.164 e. The van der Waals surface area contributed by atoms with Crippen LogP contribution in [-0.2, 0) is 6.54 Å². The molecule has 0 radical (unpaired) electrons. The second kappa shape index (κ2) is 10.1. The van der Waals surface area contributed by atoms with Crippen molar-refractivity contribution in [2.24, 2.45) is 0 Å². The van der Waals surface area contributed by atoms with Gasteiger partial charge in [-0.15, -0.1) is 0 Å². The highest BCUT2D eigenvalue weighted by atomic mass is 35.5. The van der Waals surface area contributed by atoms with Crippen LogP contribution in [-0.4, -0.2) is 32.5 Å². The average Bonchev–Trinajstić information content (AvgIpc) is 2.65. The van der Waals surface area contributed by atoms with E-state index in [0.29, 0.717) is 18.0 Å². The lowest BCUT2D eigenvalue weighted by Gasteiger charge is -2.19. The van der Waals surface area contributed by atoms with Crippen LogP contribution in [0.2, 0.25) is 0 Å². The van der Waals surface area contributed by atoms with E-state index in [9.17, 15) is 5.11 Å². The standard InChI is InChI=1S/C19H25NO4.ClH/c1-13(19(21)14-8-6-5-7-9-14)20-12-15-10-17(23-3)18(24-4)11-16(15)22-2;/h5-11,13,19-21H,12H2,1-4H3;1H. The van der Waals surface area contributed by atoms with Gasteiger partial charge in [0.2, 0.25) is 0 Å². The lowest BCUT2D eigenvalue weighted by Crippen LogP contribution is -3.00. The fraction of sp³-hybridized carbons (Fsp3) is 0.368. The maximum absolute atomic E-state index is 10.5. The fourth-order valence-electron chi connectivity index (χ4n) is 2.65. The first-order valence-corrected chi connectivity index (χ1v) is 7.96. The van der Waals surface area contributed by atoms with Crippen molar-refractivity contribution in [3.8, 4) is 17.2 Å². The minimum absolute atomic E-state index is 0. The van der Waals surface area contributed by atoms with Crippen LogP contribution in [0.1, 0.15) is 24.2 Å². The van der Waals surface area contributed by atoms with Gasteiger partial charge in [-0.05, 0) is 18.6 Å². The van der Waals surface area contributed by atoms with E-state index in [1.165, 1.54) is 0 Å². The first-order valence-electron chi connectivity index (χ1n) is 7.96. The zero-order valence-corrected chi connectivity index (χ0v) is 15.8. The fourth-order valence-corrected chi connectivity index (χ4v) is 2.65. The van der Waals surface area contributed by atoms with Gasteiger partial charge in [0.05, 0.1) is 26.9 Å². The molecule has 3 N–H and O–H groups in total. The van der Waals surface area contributed by atoms with E-state index < -0.39 is 6.10 Å². The SMILES string of the molecule is COc1cc(OC)c(OC)cc1C[NH2+]C(C)C(O)c1ccccc1.[Cl-]. The van der Waals surface area contributed by atoms with E-state index >= 15 is 0 Å². The van der Waals surface area contributed by atoms with E-state index in [1.807, 2.05) is 49.4 Å². The molecule has 0 spiro atoms. The quantitative estimate of drug-likeness (QED) is 0.622. The number of methoxy groups -OCH3 is 3. The molecule has 0 aliphatic carbocycles. The molecule has 0 fully saturated rings. The molecule has 0 aromatic heterocycles. The molecule has 2 aromatic carbocycles. The Morgan fingerprint density at radius 1 is 0.920 bits per heavy atom. The van der Waals surface area contributed by atoms with Crippen molar-refractivity contribution in [1.82, 2.24) is 0 Å². The Labute approximate surface area is 155 Å². The number of aliphatic hydroxyl groups excluding tert-OH is 1. The minimum Gasteiger partial charge on any atom is -1.00 e. The molecule has 6 heteroatoms. The molecular formula is C19H26ClNO4. The van der Waals surface area contributed by atoms with Gasteiger partial charge in [0.15, 0.2) is 11.5 Å². The van der Waals surface area contributed by atoms with Crippen molar-refractivity contribution in [2.75, 3.05) is 21.3 Å². The number of halogens is 1. The Morgan fingerprint density at radius 3 is 2.04 bits per heavy atom. The third kappa shape index (κ3) is 5.26. The van der Waals surface area contributed by atoms with E-state index in [-0.39, 0.29) is 18.4 Å². The van der Waals surface area contributed by atoms with Gasteiger partial charge in [-0.2, -0.15) is 0 Å². The summed E-state index contributed by atoms with van der Waals surface area (Å²) in [6.07, 6.45) is -0.530. The Balaban J connectivity index is 0.00000312. The second-order valence-electron chi connectivity index (χ2n) is 5.67. The van der Waals surface area contributed by atoms with Gasteiger partial charge in [-0.25, -0.2) is 0 Å². The van der Waals surface area contributed by atoms with Gasteiger partial charge in [-0.1, -0.05) is 30.3 Å². The number of benzene rings is 2. The molecular weight excluding hydrogens is 342 g/mol. The summed E-state index contributed by atoms with van der Waals surface area (Å²) >= 11 is 0. The lowest BCUT2D eigenvalue weighted by atomic mass is 10.0. The molecule has 2 atom stereocenters. The second-order valence-corrected chi connectivity index (χ2v) is 5.67. The van der Waals surface area contributed by atoms with Crippen LogP contribution < -0.4 is 31.9 Å². The predicted molar refractivity (Wildman–Crippen MR) is 92.6 cm³/mol. The summed E-state index contributed by atoms with van der Waals surface area (Å²) in [5.41, 5.74) is 1.91. The molecule has 0 bridgehead atoms. The largest absolute Gasteiger partial charge is 1.00 e. The Morgan fingerprint density at radius 2 is 1.48 bits per heavy atom. The third-order valence-corrected chi connectivity index (χ3v) is 4.14. The highest BCUT2D eigenvalue weighted by molar-refractivity contribution is 5.50. The summed E-state index contributed by atoms with van der Waals surface area (Å²) in [5, 5.41) is 12.6. The zero-order chi connectivity index (χ0) is 17.5. The molecule has 138 valence electrons. The zero-order valence-electron chi connectivity index (χ0n) is 15.0. The molecule has 0 aliphatic rings. The number of rotatable bonds is 8. The molecule has 2 aromatic rings. The number of quaternary nitrogens is 1. The van der Waals surface area contributed by atoms with Gasteiger partial charge in [0, 0.05) is 6.07 Å². The van der Waals surface area contributed by atoms with E-state index in [1.54, 1.807) is 21.3 Å². The molecule has 5 nitrogen and oxygen atoms in total.